The maximum absolute atomic E-state index is 11.2. The van der Waals surface area contributed by atoms with Gasteiger partial charge < -0.3 is 10.8 Å². The lowest BCUT2D eigenvalue weighted by atomic mass is 9.53. The molecule has 1 aromatic carbocycles. The molecule has 20 heavy (non-hydrogen) atoms. The highest BCUT2D eigenvalue weighted by Crippen LogP contribution is 2.55. The smallest absolute Gasteiger partial charge is 0.0747 e. The van der Waals surface area contributed by atoms with E-state index in [1.165, 1.54) is 17.5 Å². The molecular formula is C16H23Cl2NO. The third-order valence-electron chi connectivity index (χ3n) is 5.33. The van der Waals surface area contributed by atoms with Crippen LogP contribution in [0.4, 0.5) is 0 Å². The summed E-state index contributed by atoms with van der Waals surface area (Å²) in [6.07, 6.45) is 6.80. The molecule has 2 unspecified atom stereocenters. The summed E-state index contributed by atoms with van der Waals surface area (Å²) in [7, 11) is 0. The fourth-order valence-electron chi connectivity index (χ4n) is 4.40. The molecular weight excluding hydrogens is 293 g/mol. The number of benzene rings is 1. The number of halogens is 2. The fourth-order valence-corrected chi connectivity index (χ4v) is 4.67. The van der Waals surface area contributed by atoms with Gasteiger partial charge in [-0.3, -0.25) is 0 Å². The van der Waals surface area contributed by atoms with Crippen molar-refractivity contribution >= 4 is 24.0 Å². The summed E-state index contributed by atoms with van der Waals surface area (Å²) in [6, 6.07) is 6.13. The van der Waals surface area contributed by atoms with Crippen LogP contribution in [0.2, 0.25) is 5.02 Å². The van der Waals surface area contributed by atoms with Gasteiger partial charge in [-0.2, -0.15) is 0 Å². The van der Waals surface area contributed by atoms with Crippen LogP contribution < -0.4 is 5.73 Å². The summed E-state index contributed by atoms with van der Waals surface area (Å²) in [4.78, 5) is 0. The number of aliphatic hydroxyl groups is 1. The second-order valence-electron chi connectivity index (χ2n) is 6.13. The van der Waals surface area contributed by atoms with Gasteiger partial charge in [0, 0.05) is 10.4 Å². The minimum absolute atomic E-state index is 0. The standard InChI is InChI=1S/C16H22ClNO.ClH/c17-14-5-3-4-13-12(14)6-9-16(19)8-2-1-7-15(13,16)10-11-18;/h3-5,19H,1-2,6-11,18H2;1H. The van der Waals surface area contributed by atoms with E-state index in [0.717, 1.165) is 43.5 Å². The second-order valence-corrected chi connectivity index (χ2v) is 6.53. The van der Waals surface area contributed by atoms with Crippen LogP contribution in [0.3, 0.4) is 0 Å². The molecule has 0 bridgehead atoms. The van der Waals surface area contributed by atoms with Crippen LogP contribution >= 0.6 is 24.0 Å². The van der Waals surface area contributed by atoms with Crippen LogP contribution in [-0.4, -0.2) is 17.3 Å². The Labute approximate surface area is 132 Å². The lowest BCUT2D eigenvalue weighted by Crippen LogP contribution is -2.57. The molecule has 0 aromatic heterocycles. The summed E-state index contributed by atoms with van der Waals surface area (Å²) in [6.45, 7) is 0.619. The summed E-state index contributed by atoms with van der Waals surface area (Å²) in [5.74, 6) is 0. The van der Waals surface area contributed by atoms with Crippen molar-refractivity contribution in [3.63, 3.8) is 0 Å². The number of hydrogen-bond acceptors (Lipinski definition) is 2. The Morgan fingerprint density at radius 2 is 1.95 bits per heavy atom. The first-order valence-corrected chi connectivity index (χ1v) is 7.71. The van der Waals surface area contributed by atoms with Gasteiger partial charge in [0.2, 0.25) is 0 Å². The van der Waals surface area contributed by atoms with Crippen LogP contribution in [0.1, 0.15) is 49.7 Å². The van der Waals surface area contributed by atoms with E-state index in [-0.39, 0.29) is 17.8 Å². The van der Waals surface area contributed by atoms with Crippen molar-refractivity contribution in [3.8, 4) is 0 Å². The van der Waals surface area contributed by atoms with E-state index >= 15 is 0 Å². The predicted octanol–water partition coefficient (Wildman–Crippen LogP) is 3.60. The maximum Gasteiger partial charge on any atom is 0.0747 e. The van der Waals surface area contributed by atoms with Crippen molar-refractivity contribution in [3.05, 3.63) is 34.3 Å². The van der Waals surface area contributed by atoms with Crippen LogP contribution in [0.15, 0.2) is 18.2 Å². The van der Waals surface area contributed by atoms with E-state index in [0.29, 0.717) is 6.54 Å². The first-order valence-electron chi connectivity index (χ1n) is 7.33. The van der Waals surface area contributed by atoms with Crippen LogP contribution in [-0.2, 0) is 11.8 Å². The molecule has 2 nitrogen and oxygen atoms in total. The zero-order valence-corrected chi connectivity index (χ0v) is 13.3. The monoisotopic (exact) mass is 315 g/mol. The molecule has 0 aliphatic heterocycles. The minimum Gasteiger partial charge on any atom is -0.389 e. The normalized spacial score (nSPS) is 31.9. The average molecular weight is 316 g/mol. The molecule has 0 heterocycles. The first-order chi connectivity index (χ1) is 9.13. The van der Waals surface area contributed by atoms with Gasteiger partial charge in [-0.05, 0) is 55.8 Å². The topological polar surface area (TPSA) is 46.2 Å². The van der Waals surface area contributed by atoms with Gasteiger partial charge in [0.1, 0.15) is 0 Å². The number of rotatable bonds is 2. The van der Waals surface area contributed by atoms with Crippen molar-refractivity contribution in [2.24, 2.45) is 5.73 Å². The lowest BCUT2D eigenvalue weighted by molar-refractivity contribution is -0.0861. The molecule has 3 rings (SSSR count). The van der Waals surface area contributed by atoms with Gasteiger partial charge in [-0.15, -0.1) is 12.4 Å². The van der Waals surface area contributed by atoms with Gasteiger partial charge >= 0.3 is 0 Å². The Kier molecular flexibility index (Phi) is 4.70. The molecule has 112 valence electrons. The Balaban J connectivity index is 0.00000147. The van der Waals surface area contributed by atoms with Crippen molar-refractivity contribution in [1.29, 1.82) is 0 Å². The van der Waals surface area contributed by atoms with E-state index < -0.39 is 5.60 Å². The number of hydrogen-bond donors (Lipinski definition) is 2. The van der Waals surface area contributed by atoms with E-state index in [4.69, 9.17) is 17.3 Å². The molecule has 4 heteroatoms. The zero-order valence-electron chi connectivity index (χ0n) is 11.7. The van der Waals surface area contributed by atoms with Crippen LogP contribution in [0, 0.1) is 0 Å². The average Bonchev–Trinajstić information content (AvgIpc) is 2.40. The van der Waals surface area contributed by atoms with Crippen molar-refractivity contribution in [1.82, 2.24) is 0 Å². The molecule has 1 saturated carbocycles. The van der Waals surface area contributed by atoms with Crippen molar-refractivity contribution in [2.75, 3.05) is 6.54 Å². The third-order valence-corrected chi connectivity index (χ3v) is 5.68. The largest absolute Gasteiger partial charge is 0.389 e. The number of fused-ring (bicyclic) bond motifs is 3. The summed E-state index contributed by atoms with van der Waals surface area (Å²) in [5, 5.41) is 12.1. The summed E-state index contributed by atoms with van der Waals surface area (Å²) in [5.41, 5.74) is 7.62. The SMILES string of the molecule is Cl.NCCC12CCCCC1(O)CCc1c(Cl)cccc12. The molecule has 2 aliphatic carbocycles. The van der Waals surface area contributed by atoms with Gasteiger partial charge in [-0.1, -0.05) is 36.6 Å². The highest BCUT2D eigenvalue weighted by Gasteiger charge is 2.54. The van der Waals surface area contributed by atoms with Gasteiger partial charge in [0.05, 0.1) is 5.60 Å². The molecule has 0 saturated heterocycles. The second kappa shape index (κ2) is 5.84. The molecule has 0 spiro atoms. The highest BCUT2D eigenvalue weighted by atomic mass is 35.5. The van der Waals surface area contributed by atoms with Gasteiger partial charge in [0.25, 0.3) is 0 Å². The van der Waals surface area contributed by atoms with E-state index in [2.05, 4.69) is 6.07 Å². The Morgan fingerprint density at radius 1 is 1.20 bits per heavy atom. The lowest BCUT2D eigenvalue weighted by Gasteiger charge is -2.55. The maximum atomic E-state index is 11.2. The Morgan fingerprint density at radius 3 is 2.70 bits per heavy atom. The van der Waals surface area contributed by atoms with Crippen molar-refractivity contribution in [2.45, 2.75) is 56.0 Å². The molecule has 0 amide bonds. The Bertz CT molecular complexity index is 489. The van der Waals surface area contributed by atoms with Crippen LogP contribution in [0.25, 0.3) is 0 Å². The predicted molar refractivity (Wildman–Crippen MR) is 85.8 cm³/mol. The molecule has 0 radical (unpaired) electrons. The first kappa shape index (κ1) is 16.1. The van der Waals surface area contributed by atoms with E-state index in [1.807, 2.05) is 12.1 Å². The third kappa shape index (κ3) is 2.18. The molecule has 2 atom stereocenters. The number of nitrogens with two attached hydrogens (primary N) is 1. The van der Waals surface area contributed by atoms with Crippen LogP contribution in [0.5, 0.6) is 0 Å². The molecule has 1 aromatic rings. The molecule has 3 N–H and O–H groups in total. The van der Waals surface area contributed by atoms with Gasteiger partial charge in [-0.25, -0.2) is 0 Å². The molecule has 1 fully saturated rings. The summed E-state index contributed by atoms with van der Waals surface area (Å²) < 4.78 is 0. The van der Waals surface area contributed by atoms with E-state index in [1.54, 1.807) is 0 Å². The zero-order chi connectivity index (χ0) is 13.5. The molecule has 2 aliphatic rings. The quantitative estimate of drug-likeness (QED) is 0.876. The highest BCUT2D eigenvalue weighted by molar-refractivity contribution is 6.31. The minimum atomic E-state index is -0.581. The fraction of sp³-hybridized carbons (Fsp3) is 0.625. The summed E-state index contributed by atoms with van der Waals surface area (Å²) >= 11 is 6.37. The van der Waals surface area contributed by atoms with E-state index in [9.17, 15) is 5.11 Å². The van der Waals surface area contributed by atoms with Gasteiger partial charge in [0.15, 0.2) is 0 Å². The van der Waals surface area contributed by atoms with Crippen molar-refractivity contribution < 1.29 is 5.11 Å². The Hall–Kier alpha value is -0.280.